The van der Waals surface area contributed by atoms with Crippen LogP contribution in [0.1, 0.15) is 13.8 Å². The van der Waals surface area contributed by atoms with Crippen LogP contribution in [0.5, 0.6) is 0 Å². The number of para-hydroxylation sites is 1. The summed E-state index contributed by atoms with van der Waals surface area (Å²) in [7, 11) is 0. The van der Waals surface area contributed by atoms with E-state index in [9.17, 15) is 9.59 Å². The molecule has 1 atom stereocenters. The number of hydrogen-bond acceptors (Lipinski definition) is 3. The third-order valence-corrected chi connectivity index (χ3v) is 1.82. The smallest absolute Gasteiger partial charge is 0.429 e. The molecule has 0 bridgehead atoms. The lowest BCUT2D eigenvalue weighted by molar-refractivity contribution is -0.119. The average Bonchev–Trinajstić information content (AvgIpc) is 2.25. The van der Waals surface area contributed by atoms with E-state index in [1.807, 2.05) is 0 Å². The molecular formula is C11H13ClN2O3. The maximum absolute atomic E-state index is 11.7. The van der Waals surface area contributed by atoms with Gasteiger partial charge in [-0.15, -0.1) is 0 Å². The zero-order valence-electron chi connectivity index (χ0n) is 9.51. The van der Waals surface area contributed by atoms with Crippen molar-refractivity contribution >= 4 is 29.3 Å². The van der Waals surface area contributed by atoms with Crippen molar-refractivity contribution in [3.63, 3.8) is 0 Å². The molecule has 0 aliphatic heterocycles. The summed E-state index contributed by atoms with van der Waals surface area (Å²) in [5.74, 6) is -0.381. The number of rotatable bonds is 2. The highest BCUT2D eigenvalue weighted by Crippen LogP contribution is 2.13. The minimum absolute atomic E-state index is 0.381. The van der Waals surface area contributed by atoms with E-state index in [1.165, 1.54) is 13.8 Å². The van der Waals surface area contributed by atoms with Crippen molar-refractivity contribution in [1.29, 1.82) is 0 Å². The van der Waals surface area contributed by atoms with Gasteiger partial charge >= 0.3 is 6.09 Å². The van der Waals surface area contributed by atoms with Gasteiger partial charge < -0.3 is 4.74 Å². The molecule has 1 N–H and O–H groups in total. The van der Waals surface area contributed by atoms with Crippen molar-refractivity contribution in [3.8, 4) is 0 Å². The van der Waals surface area contributed by atoms with Gasteiger partial charge in [-0.05, 0) is 19.1 Å². The van der Waals surface area contributed by atoms with Crippen molar-refractivity contribution in [1.82, 2.24) is 5.43 Å². The van der Waals surface area contributed by atoms with E-state index in [2.05, 4.69) is 5.43 Å². The molecule has 17 heavy (non-hydrogen) atoms. The number of amides is 2. The first-order chi connectivity index (χ1) is 8.00. The fourth-order valence-corrected chi connectivity index (χ4v) is 1.22. The number of carbonyl (C=O) groups is 2. The number of hydrazine groups is 1. The van der Waals surface area contributed by atoms with Gasteiger partial charge in [0.2, 0.25) is 5.91 Å². The van der Waals surface area contributed by atoms with Crippen molar-refractivity contribution in [2.75, 3.05) is 5.01 Å². The molecule has 1 unspecified atom stereocenters. The second-order valence-electron chi connectivity index (χ2n) is 3.27. The highest BCUT2D eigenvalue weighted by Gasteiger charge is 2.19. The van der Waals surface area contributed by atoms with Crippen LogP contribution in [-0.2, 0) is 9.53 Å². The molecule has 5 nitrogen and oxygen atoms in total. The lowest BCUT2D eigenvalue weighted by Gasteiger charge is -2.22. The predicted octanol–water partition coefficient (Wildman–Crippen LogP) is 2.27. The summed E-state index contributed by atoms with van der Waals surface area (Å²) in [5.41, 5.74) is 2.08. The topological polar surface area (TPSA) is 58.6 Å². The number of halogens is 1. The number of anilines is 1. The quantitative estimate of drug-likeness (QED) is 0.652. The van der Waals surface area contributed by atoms with Gasteiger partial charge in [0.1, 0.15) is 0 Å². The minimum Gasteiger partial charge on any atom is -0.429 e. The fraction of sp³-hybridized carbons (Fsp3) is 0.273. The van der Waals surface area contributed by atoms with Gasteiger partial charge in [0, 0.05) is 6.92 Å². The van der Waals surface area contributed by atoms with E-state index in [-0.39, 0.29) is 5.91 Å². The molecule has 0 aromatic heterocycles. The number of nitrogens with one attached hydrogen (secondary N) is 1. The first-order valence-electron chi connectivity index (χ1n) is 4.98. The van der Waals surface area contributed by atoms with Gasteiger partial charge in [-0.2, -0.15) is 5.01 Å². The van der Waals surface area contributed by atoms with Crippen LogP contribution in [0.3, 0.4) is 0 Å². The van der Waals surface area contributed by atoms with Crippen LogP contribution in [0.2, 0.25) is 0 Å². The van der Waals surface area contributed by atoms with Gasteiger partial charge in [-0.3, -0.25) is 10.2 Å². The molecule has 0 saturated carbocycles. The highest BCUT2D eigenvalue weighted by molar-refractivity contribution is 6.20. The Bertz CT molecular complexity index is 395. The molecular weight excluding hydrogens is 244 g/mol. The third-order valence-electron chi connectivity index (χ3n) is 1.73. The Hall–Kier alpha value is -1.75. The molecule has 0 spiro atoms. The van der Waals surface area contributed by atoms with E-state index in [0.29, 0.717) is 5.69 Å². The largest absolute Gasteiger partial charge is 0.435 e. The Morgan fingerprint density at radius 3 is 2.41 bits per heavy atom. The van der Waals surface area contributed by atoms with E-state index in [0.717, 1.165) is 5.01 Å². The van der Waals surface area contributed by atoms with Crippen LogP contribution < -0.4 is 10.4 Å². The molecule has 2 amide bonds. The molecule has 0 saturated heterocycles. The van der Waals surface area contributed by atoms with Gasteiger partial charge in [0.05, 0.1) is 5.69 Å². The Morgan fingerprint density at radius 1 is 1.35 bits per heavy atom. The summed E-state index contributed by atoms with van der Waals surface area (Å²) >= 11 is 5.56. The summed E-state index contributed by atoms with van der Waals surface area (Å²) in [6, 6.07) is 8.60. The first-order valence-corrected chi connectivity index (χ1v) is 5.41. The number of benzene rings is 1. The zero-order chi connectivity index (χ0) is 12.8. The normalized spacial score (nSPS) is 11.5. The van der Waals surface area contributed by atoms with Crippen LogP contribution in [0.25, 0.3) is 0 Å². The van der Waals surface area contributed by atoms with E-state index < -0.39 is 11.7 Å². The molecule has 6 heteroatoms. The summed E-state index contributed by atoms with van der Waals surface area (Å²) < 4.78 is 4.81. The fourth-order valence-electron chi connectivity index (χ4n) is 1.14. The van der Waals surface area contributed by atoms with Crippen LogP contribution in [0, 0.1) is 0 Å². The van der Waals surface area contributed by atoms with Crippen molar-refractivity contribution in [3.05, 3.63) is 30.3 Å². The lowest BCUT2D eigenvalue weighted by Crippen LogP contribution is -2.46. The van der Waals surface area contributed by atoms with Crippen LogP contribution in [0.15, 0.2) is 30.3 Å². The zero-order valence-corrected chi connectivity index (χ0v) is 10.3. The van der Waals surface area contributed by atoms with E-state index >= 15 is 0 Å². The third kappa shape index (κ3) is 4.32. The lowest BCUT2D eigenvalue weighted by atomic mass is 10.3. The molecule has 0 aliphatic rings. The van der Waals surface area contributed by atoms with Gasteiger partial charge in [0.15, 0.2) is 5.56 Å². The molecule has 0 heterocycles. The second-order valence-corrected chi connectivity index (χ2v) is 3.88. The number of ether oxygens (including phenoxy) is 1. The average molecular weight is 257 g/mol. The molecule has 0 fully saturated rings. The first kappa shape index (κ1) is 13.3. The maximum atomic E-state index is 11.7. The van der Waals surface area contributed by atoms with Crippen molar-refractivity contribution < 1.29 is 14.3 Å². The van der Waals surface area contributed by atoms with Gasteiger partial charge in [-0.1, -0.05) is 29.8 Å². The molecule has 0 radical (unpaired) electrons. The number of hydrogen-bond donors (Lipinski definition) is 1. The number of carbonyl (C=O) groups excluding carboxylic acids is 2. The standard InChI is InChI=1S/C11H13ClN2O3/c1-8(12)17-11(16)14(13-9(2)15)10-6-4-3-5-7-10/h3-8H,1-2H3,(H,13,15). The monoisotopic (exact) mass is 256 g/mol. The number of alkyl halides is 1. The molecule has 0 aliphatic carbocycles. The van der Waals surface area contributed by atoms with Gasteiger partial charge in [-0.25, -0.2) is 4.79 Å². The molecule has 1 aromatic rings. The van der Waals surface area contributed by atoms with Gasteiger partial charge in [0.25, 0.3) is 0 Å². The molecule has 92 valence electrons. The SMILES string of the molecule is CC(=O)NN(C(=O)OC(C)Cl)c1ccccc1. The Balaban J connectivity index is 2.88. The Morgan fingerprint density at radius 2 is 1.94 bits per heavy atom. The predicted molar refractivity (Wildman–Crippen MR) is 64.5 cm³/mol. The summed E-state index contributed by atoms with van der Waals surface area (Å²) in [5, 5.41) is 1.00. The maximum Gasteiger partial charge on any atom is 0.435 e. The van der Waals surface area contributed by atoms with Crippen molar-refractivity contribution in [2.45, 2.75) is 19.4 Å². The minimum atomic E-state index is -0.775. The summed E-state index contributed by atoms with van der Waals surface area (Å²) in [6.07, 6.45) is -0.742. The molecule has 1 rings (SSSR count). The Kier molecular flexibility index (Phi) is 4.78. The Labute approximate surface area is 104 Å². The molecule has 1 aromatic carbocycles. The van der Waals surface area contributed by atoms with Crippen LogP contribution in [0.4, 0.5) is 10.5 Å². The van der Waals surface area contributed by atoms with Crippen LogP contribution >= 0.6 is 11.6 Å². The second kappa shape index (κ2) is 6.10. The summed E-state index contributed by atoms with van der Waals surface area (Å²) in [4.78, 5) is 22.7. The van der Waals surface area contributed by atoms with Crippen molar-refractivity contribution in [2.24, 2.45) is 0 Å². The van der Waals surface area contributed by atoms with E-state index in [4.69, 9.17) is 16.3 Å². The van der Waals surface area contributed by atoms with Crippen LogP contribution in [-0.4, -0.2) is 17.6 Å². The summed E-state index contributed by atoms with van der Waals surface area (Å²) in [6.45, 7) is 2.81. The number of nitrogens with zero attached hydrogens (tertiary/aromatic N) is 1. The highest BCUT2D eigenvalue weighted by atomic mass is 35.5. The van der Waals surface area contributed by atoms with E-state index in [1.54, 1.807) is 30.3 Å².